The minimum atomic E-state index is -3.54. The quantitative estimate of drug-likeness (QED) is 0.526. The Balaban J connectivity index is 2.16. The molecule has 0 saturated carbocycles. The number of hydrogen-bond acceptors (Lipinski definition) is 5. The summed E-state index contributed by atoms with van der Waals surface area (Å²) in [6, 6.07) is 11.1. The van der Waals surface area contributed by atoms with Gasteiger partial charge in [0.1, 0.15) is 11.5 Å². The second-order valence-corrected chi connectivity index (χ2v) is 7.49. The van der Waals surface area contributed by atoms with Gasteiger partial charge in [0.05, 0.1) is 19.1 Å². The Hall–Kier alpha value is -2.64. The van der Waals surface area contributed by atoms with Gasteiger partial charge in [-0.25, -0.2) is 13.1 Å². The zero-order chi connectivity index (χ0) is 19.9. The Morgan fingerprint density at radius 1 is 1.07 bits per heavy atom. The maximum absolute atomic E-state index is 12.4. The van der Waals surface area contributed by atoms with Gasteiger partial charge in [-0.05, 0) is 55.0 Å². The lowest BCUT2D eigenvalue weighted by Crippen LogP contribution is -2.24. The van der Waals surface area contributed by atoms with Crippen LogP contribution in [-0.4, -0.2) is 35.0 Å². The van der Waals surface area contributed by atoms with Gasteiger partial charge in [-0.15, -0.1) is 0 Å². The molecule has 0 aliphatic heterocycles. The predicted molar refractivity (Wildman–Crippen MR) is 105 cm³/mol. The summed E-state index contributed by atoms with van der Waals surface area (Å²) < 4.78 is 37.1. The average Bonchev–Trinajstić information content (AvgIpc) is 2.70. The number of nitrogens with one attached hydrogen (secondary N) is 1. The molecule has 2 rings (SSSR count). The second-order valence-electron chi connectivity index (χ2n) is 5.73. The van der Waals surface area contributed by atoms with Crippen LogP contribution in [0.15, 0.2) is 53.4 Å². The van der Waals surface area contributed by atoms with Crippen LogP contribution in [0.5, 0.6) is 11.5 Å². The van der Waals surface area contributed by atoms with Crippen molar-refractivity contribution in [3.63, 3.8) is 0 Å². The number of methoxy groups -OCH3 is 2. The SMILES string of the molecule is CCCNS(=O)(=O)c1ccc(C(=O)/C=C/c2ccc(OC)cc2OC)cc1. The van der Waals surface area contributed by atoms with Crippen molar-refractivity contribution in [2.24, 2.45) is 0 Å². The van der Waals surface area contributed by atoms with Gasteiger partial charge < -0.3 is 9.47 Å². The molecule has 0 atom stereocenters. The second kappa shape index (κ2) is 9.34. The van der Waals surface area contributed by atoms with Gasteiger partial charge in [-0.2, -0.15) is 0 Å². The summed E-state index contributed by atoms with van der Waals surface area (Å²) in [5.74, 6) is 1.00. The van der Waals surface area contributed by atoms with Gasteiger partial charge in [0.2, 0.25) is 10.0 Å². The van der Waals surface area contributed by atoms with Gasteiger partial charge in [0.15, 0.2) is 5.78 Å². The molecule has 0 aliphatic carbocycles. The summed E-state index contributed by atoms with van der Waals surface area (Å²) in [5.41, 5.74) is 1.13. The van der Waals surface area contributed by atoms with E-state index < -0.39 is 10.0 Å². The zero-order valence-corrected chi connectivity index (χ0v) is 16.4. The van der Waals surface area contributed by atoms with E-state index in [4.69, 9.17) is 9.47 Å². The molecule has 0 radical (unpaired) electrons. The van der Waals surface area contributed by atoms with Gasteiger partial charge in [-0.3, -0.25) is 4.79 Å². The van der Waals surface area contributed by atoms with E-state index in [9.17, 15) is 13.2 Å². The molecule has 2 aromatic carbocycles. The van der Waals surface area contributed by atoms with E-state index >= 15 is 0 Å². The van der Waals surface area contributed by atoms with E-state index in [1.807, 2.05) is 6.92 Å². The van der Waals surface area contributed by atoms with Crippen molar-refractivity contribution in [1.82, 2.24) is 4.72 Å². The number of sulfonamides is 1. The summed E-state index contributed by atoms with van der Waals surface area (Å²) in [5, 5.41) is 0. The van der Waals surface area contributed by atoms with Gasteiger partial charge in [0, 0.05) is 23.7 Å². The van der Waals surface area contributed by atoms with Crippen molar-refractivity contribution in [2.45, 2.75) is 18.2 Å². The Morgan fingerprint density at radius 2 is 1.78 bits per heavy atom. The smallest absolute Gasteiger partial charge is 0.240 e. The number of allylic oxidation sites excluding steroid dienone is 1. The molecule has 2 aromatic rings. The first kappa shape index (κ1) is 20.7. The van der Waals surface area contributed by atoms with Crippen LogP contribution in [0.4, 0.5) is 0 Å². The molecule has 0 heterocycles. The molecule has 0 aliphatic rings. The molecule has 0 unspecified atom stereocenters. The van der Waals surface area contributed by atoms with Crippen LogP contribution < -0.4 is 14.2 Å². The molecule has 27 heavy (non-hydrogen) atoms. The summed E-state index contributed by atoms with van der Waals surface area (Å²) in [6.07, 6.45) is 3.77. The predicted octanol–water partition coefficient (Wildman–Crippen LogP) is 3.29. The molecule has 0 bridgehead atoms. The minimum Gasteiger partial charge on any atom is -0.497 e. The number of carbonyl (C=O) groups is 1. The van der Waals surface area contributed by atoms with E-state index in [0.717, 1.165) is 5.56 Å². The van der Waals surface area contributed by atoms with E-state index in [2.05, 4.69) is 4.72 Å². The number of ketones is 1. The lowest BCUT2D eigenvalue weighted by molar-refractivity contribution is 0.104. The van der Waals surface area contributed by atoms with Crippen molar-refractivity contribution < 1.29 is 22.7 Å². The van der Waals surface area contributed by atoms with Crippen LogP contribution in [0.3, 0.4) is 0 Å². The van der Waals surface area contributed by atoms with Crippen molar-refractivity contribution in [3.05, 3.63) is 59.7 Å². The van der Waals surface area contributed by atoms with Gasteiger partial charge >= 0.3 is 0 Å². The molecule has 0 fully saturated rings. The van der Waals surface area contributed by atoms with Crippen LogP contribution >= 0.6 is 0 Å². The first-order valence-electron chi connectivity index (χ1n) is 8.45. The highest BCUT2D eigenvalue weighted by Gasteiger charge is 2.13. The largest absolute Gasteiger partial charge is 0.497 e. The van der Waals surface area contributed by atoms with E-state index in [1.54, 1.807) is 38.5 Å². The molecule has 6 nitrogen and oxygen atoms in total. The first-order chi connectivity index (χ1) is 12.9. The maximum atomic E-state index is 12.4. The van der Waals surface area contributed by atoms with Gasteiger partial charge in [-0.1, -0.05) is 6.92 Å². The van der Waals surface area contributed by atoms with Crippen molar-refractivity contribution in [1.29, 1.82) is 0 Å². The van der Waals surface area contributed by atoms with Crippen LogP contribution in [-0.2, 0) is 10.0 Å². The average molecular weight is 389 g/mol. The van der Waals surface area contributed by atoms with Crippen LogP contribution in [0.1, 0.15) is 29.3 Å². The summed E-state index contributed by atoms with van der Waals surface area (Å²) >= 11 is 0. The molecular weight excluding hydrogens is 366 g/mol. The number of rotatable bonds is 9. The Kier molecular flexibility index (Phi) is 7.15. The lowest BCUT2D eigenvalue weighted by atomic mass is 10.1. The minimum absolute atomic E-state index is 0.133. The van der Waals surface area contributed by atoms with Crippen molar-refractivity contribution in [3.8, 4) is 11.5 Å². The molecular formula is C20H23NO5S. The highest BCUT2D eigenvalue weighted by Crippen LogP contribution is 2.25. The fraction of sp³-hybridized carbons (Fsp3) is 0.250. The third-order valence-corrected chi connectivity index (χ3v) is 5.32. The highest BCUT2D eigenvalue weighted by molar-refractivity contribution is 7.89. The molecule has 7 heteroatoms. The van der Waals surface area contributed by atoms with Crippen LogP contribution in [0.25, 0.3) is 6.08 Å². The third-order valence-electron chi connectivity index (χ3n) is 3.85. The van der Waals surface area contributed by atoms with Crippen LogP contribution in [0.2, 0.25) is 0 Å². The molecule has 1 N–H and O–H groups in total. The van der Waals surface area contributed by atoms with E-state index in [0.29, 0.717) is 30.0 Å². The highest BCUT2D eigenvalue weighted by atomic mass is 32.2. The molecule has 0 spiro atoms. The topological polar surface area (TPSA) is 81.7 Å². The standard InChI is InChI=1S/C20H23NO5S/c1-4-13-21-27(23,24)18-10-6-15(7-11-18)19(22)12-8-16-5-9-17(25-2)14-20(16)26-3/h5-12,14,21H,4,13H2,1-3H3/b12-8+. The fourth-order valence-corrected chi connectivity index (χ4v) is 3.47. The first-order valence-corrected chi connectivity index (χ1v) is 9.93. The normalized spacial score (nSPS) is 11.5. The number of hydrogen-bond donors (Lipinski definition) is 1. The Labute approximate surface area is 159 Å². The van der Waals surface area contributed by atoms with E-state index in [-0.39, 0.29) is 10.7 Å². The van der Waals surface area contributed by atoms with Crippen LogP contribution in [0, 0.1) is 0 Å². The zero-order valence-electron chi connectivity index (χ0n) is 15.6. The van der Waals surface area contributed by atoms with Gasteiger partial charge in [0.25, 0.3) is 0 Å². The van der Waals surface area contributed by atoms with Crippen molar-refractivity contribution >= 4 is 21.9 Å². The summed E-state index contributed by atoms with van der Waals surface area (Å²) in [6.45, 7) is 2.25. The Morgan fingerprint density at radius 3 is 2.37 bits per heavy atom. The summed E-state index contributed by atoms with van der Waals surface area (Å²) in [4.78, 5) is 12.5. The van der Waals surface area contributed by atoms with Crippen molar-refractivity contribution in [2.75, 3.05) is 20.8 Å². The summed E-state index contributed by atoms with van der Waals surface area (Å²) in [7, 11) is -0.437. The maximum Gasteiger partial charge on any atom is 0.240 e. The number of ether oxygens (including phenoxy) is 2. The number of carbonyl (C=O) groups excluding carboxylic acids is 1. The molecule has 0 aromatic heterocycles. The monoisotopic (exact) mass is 389 g/mol. The number of benzene rings is 2. The molecule has 0 saturated heterocycles. The Bertz CT molecular complexity index is 918. The molecule has 0 amide bonds. The fourth-order valence-electron chi connectivity index (χ4n) is 2.34. The lowest BCUT2D eigenvalue weighted by Gasteiger charge is -2.07. The third kappa shape index (κ3) is 5.42. The molecule has 144 valence electrons. The van der Waals surface area contributed by atoms with E-state index in [1.165, 1.54) is 30.3 Å².